The fourth-order valence-corrected chi connectivity index (χ4v) is 4.17. The van der Waals surface area contributed by atoms with Crippen molar-refractivity contribution in [3.05, 3.63) is 71.1 Å². The number of hydrogen-bond donors (Lipinski definition) is 2. The molecule has 0 fully saturated rings. The van der Waals surface area contributed by atoms with Crippen molar-refractivity contribution in [3.8, 4) is 22.5 Å². The van der Waals surface area contributed by atoms with E-state index in [0.29, 0.717) is 28.8 Å². The van der Waals surface area contributed by atoms with E-state index in [0.717, 1.165) is 39.0 Å². The summed E-state index contributed by atoms with van der Waals surface area (Å²) in [5, 5.41) is 15.8. The van der Waals surface area contributed by atoms with Crippen molar-refractivity contribution in [2.24, 2.45) is 0 Å². The third kappa shape index (κ3) is 4.76. The topological polar surface area (TPSA) is 124 Å². The number of aromatic nitrogens is 6. The number of rotatable bonds is 7. The molecule has 10 nitrogen and oxygen atoms in total. The van der Waals surface area contributed by atoms with Gasteiger partial charge in [-0.15, -0.1) is 0 Å². The van der Waals surface area contributed by atoms with Crippen LogP contribution in [0.1, 0.15) is 17.0 Å². The van der Waals surface area contributed by atoms with E-state index in [1.54, 1.807) is 36.5 Å². The summed E-state index contributed by atoms with van der Waals surface area (Å²) in [7, 11) is 1.59. The molecule has 0 aliphatic rings. The predicted octanol–water partition coefficient (Wildman–Crippen LogP) is 4.17. The van der Waals surface area contributed by atoms with Gasteiger partial charge in [-0.3, -0.25) is 14.5 Å². The number of carbonyl (C=O) groups excluding carboxylic acids is 1. The van der Waals surface area contributed by atoms with E-state index in [1.807, 2.05) is 38.1 Å². The summed E-state index contributed by atoms with van der Waals surface area (Å²) in [6.07, 6.45) is 6.74. The normalized spacial score (nSPS) is 11.1. The third-order valence-corrected chi connectivity index (χ3v) is 5.92. The van der Waals surface area contributed by atoms with Crippen molar-refractivity contribution < 1.29 is 9.32 Å². The molecule has 2 N–H and O–H groups in total. The number of benzene rings is 1. The number of carbonyl (C=O) groups is 1. The van der Waals surface area contributed by atoms with Crippen LogP contribution in [-0.4, -0.2) is 42.8 Å². The molecular weight excluding hydrogens is 480 g/mol. The zero-order chi connectivity index (χ0) is 25.2. The Morgan fingerprint density at radius 3 is 2.72 bits per heavy atom. The maximum absolute atomic E-state index is 11.7. The lowest BCUT2D eigenvalue weighted by Gasteiger charge is -2.12. The molecule has 0 aliphatic heterocycles. The van der Waals surface area contributed by atoms with Crippen molar-refractivity contribution in [3.63, 3.8) is 0 Å². The fraction of sp³-hybridized carbons (Fsp3) is 0.200. The highest BCUT2D eigenvalue weighted by atomic mass is 35.5. The van der Waals surface area contributed by atoms with Crippen molar-refractivity contribution in [1.29, 1.82) is 0 Å². The Morgan fingerprint density at radius 1 is 1.11 bits per heavy atom. The Labute approximate surface area is 211 Å². The Bertz CT molecular complexity index is 1560. The Kier molecular flexibility index (Phi) is 6.34. The molecule has 0 unspecified atom stereocenters. The summed E-state index contributed by atoms with van der Waals surface area (Å²) in [4.78, 5) is 25.5. The molecule has 11 heteroatoms. The Balaban J connectivity index is 1.58. The highest BCUT2D eigenvalue weighted by molar-refractivity contribution is 6.30. The first-order valence-corrected chi connectivity index (χ1v) is 11.6. The standard InChI is InChI=1S/C25H23ClN8O2/c1-14-23(15(2)36-33-14)17-4-5-21-20(7-17)25(29-9-16-6-19(26)11-28-8-16)32-24(31-21)18-10-30-34(12-18)13-22(35)27-3/h4-8,10-12H,9,13H2,1-3H3,(H,27,35)(H,29,31,32). The van der Waals surface area contributed by atoms with Gasteiger partial charge in [0.1, 0.15) is 18.1 Å². The lowest BCUT2D eigenvalue weighted by molar-refractivity contribution is -0.121. The van der Waals surface area contributed by atoms with Gasteiger partial charge in [0.05, 0.1) is 28.0 Å². The number of nitrogens with one attached hydrogen (secondary N) is 2. The summed E-state index contributed by atoms with van der Waals surface area (Å²) in [5.41, 5.74) is 5.08. The largest absolute Gasteiger partial charge is 0.365 e. The van der Waals surface area contributed by atoms with Gasteiger partial charge in [-0.1, -0.05) is 22.8 Å². The Hall–Kier alpha value is -4.31. The predicted molar refractivity (Wildman–Crippen MR) is 136 cm³/mol. The summed E-state index contributed by atoms with van der Waals surface area (Å²) < 4.78 is 6.92. The van der Waals surface area contributed by atoms with E-state index in [4.69, 9.17) is 26.1 Å². The molecule has 4 heterocycles. The van der Waals surface area contributed by atoms with Crippen LogP contribution in [0.25, 0.3) is 33.4 Å². The van der Waals surface area contributed by atoms with E-state index < -0.39 is 0 Å². The van der Waals surface area contributed by atoms with Crippen molar-refractivity contribution in [1.82, 2.24) is 35.2 Å². The third-order valence-electron chi connectivity index (χ3n) is 5.72. The first kappa shape index (κ1) is 23.4. The maximum atomic E-state index is 11.7. The minimum Gasteiger partial charge on any atom is -0.365 e. The van der Waals surface area contributed by atoms with Crippen LogP contribution in [0.4, 0.5) is 5.82 Å². The summed E-state index contributed by atoms with van der Waals surface area (Å²) >= 11 is 6.11. The zero-order valence-electron chi connectivity index (χ0n) is 19.9. The van der Waals surface area contributed by atoms with Crippen LogP contribution in [0.5, 0.6) is 0 Å². The van der Waals surface area contributed by atoms with Crippen LogP contribution < -0.4 is 10.6 Å². The van der Waals surface area contributed by atoms with Crippen LogP contribution in [0, 0.1) is 13.8 Å². The molecule has 182 valence electrons. The van der Waals surface area contributed by atoms with Gasteiger partial charge in [0.2, 0.25) is 5.91 Å². The number of anilines is 1. The van der Waals surface area contributed by atoms with Gasteiger partial charge >= 0.3 is 0 Å². The molecule has 0 spiro atoms. The van der Waals surface area contributed by atoms with E-state index >= 15 is 0 Å². The molecule has 0 bridgehead atoms. The van der Waals surface area contributed by atoms with E-state index in [-0.39, 0.29) is 12.5 Å². The molecule has 0 saturated carbocycles. The van der Waals surface area contributed by atoms with Gasteiger partial charge in [-0.25, -0.2) is 9.97 Å². The number of halogens is 1. The molecule has 36 heavy (non-hydrogen) atoms. The van der Waals surface area contributed by atoms with Crippen LogP contribution in [-0.2, 0) is 17.9 Å². The molecule has 0 atom stereocenters. The molecule has 1 aromatic carbocycles. The Morgan fingerprint density at radius 2 is 1.97 bits per heavy atom. The highest BCUT2D eigenvalue weighted by Gasteiger charge is 2.16. The van der Waals surface area contributed by atoms with Gasteiger partial charge in [-0.2, -0.15) is 5.10 Å². The number of amides is 1. The number of pyridine rings is 1. The number of fused-ring (bicyclic) bond motifs is 1. The minimum absolute atomic E-state index is 0.109. The van der Waals surface area contributed by atoms with Crippen LogP contribution >= 0.6 is 11.6 Å². The molecule has 1 amide bonds. The first-order chi connectivity index (χ1) is 17.4. The second-order valence-electron chi connectivity index (χ2n) is 8.29. The molecule has 0 saturated heterocycles. The smallest absolute Gasteiger partial charge is 0.241 e. The van der Waals surface area contributed by atoms with Crippen molar-refractivity contribution in [2.75, 3.05) is 12.4 Å². The van der Waals surface area contributed by atoms with Gasteiger partial charge in [0, 0.05) is 43.1 Å². The van der Waals surface area contributed by atoms with Crippen LogP contribution in [0.2, 0.25) is 5.02 Å². The number of hydrogen-bond acceptors (Lipinski definition) is 8. The average molecular weight is 503 g/mol. The molecule has 0 radical (unpaired) electrons. The van der Waals surface area contributed by atoms with Gasteiger partial charge < -0.3 is 15.2 Å². The number of nitrogens with zero attached hydrogens (tertiary/aromatic N) is 6. The van der Waals surface area contributed by atoms with Gasteiger partial charge in [0.15, 0.2) is 5.82 Å². The monoisotopic (exact) mass is 502 g/mol. The average Bonchev–Trinajstić information content (AvgIpc) is 3.47. The minimum atomic E-state index is -0.145. The van der Waals surface area contributed by atoms with E-state index in [9.17, 15) is 4.79 Å². The fourth-order valence-electron chi connectivity index (χ4n) is 3.97. The molecule has 4 aromatic heterocycles. The van der Waals surface area contributed by atoms with E-state index in [1.165, 1.54) is 0 Å². The summed E-state index contributed by atoms with van der Waals surface area (Å²) in [6, 6.07) is 7.82. The first-order valence-electron chi connectivity index (χ1n) is 11.2. The second-order valence-corrected chi connectivity index (χ2v) is 8.73. The highest BCUT2D eigenvalue weighted by Crippen LogP contribution is 2.32. The summed E-state index contributed by atoms with van der Waals surface area (Å²) in [6.45, 7) is 4.38. The molecule has 5 rings (SSSR count). The quantitative estimate of drug-likeness (QED) is 0.340. The number of likely N-dealkylation sites (N-methyl/N-ethyl adjacent to an activating group) is 1. The lowest BCUT2D eigenvalue weighted by atomic mass is 10.0. The molecule has 5 aromatic rings. The zero-order valence-corrected chi connectivity index (χ0v) is 20.7. The maximum Gasteiger partial charge on any atom is 0.241 e. The van der Waals surface area contributed by atoms with E-state index in [2.05, 4.69) is 25.9 Å². The van der Waals surface area contributed by atoms with Crippen LogP contribution in [0.15, 0.2) is 53.6 Å². The van der Waals surface area contributed by atoms with Crippen LogP contribution in [0.3, 0.4) is 0 Å². The summed E-state index contributed by atoms with van der Waals surface area (Å²) in [5.74, 6) is 1.73. The SMILES string of the molecule is CNC(=O)Cn1cc(-c2nc(NCc3cncc(Cl)c3)c3cc(-c4c(C)noc4C)ccc3n2)cn1. The van der Waals surface area contributed by atoms with Gasteiger partial charge in [-0.05, 0) is 43.2 Å². The molecular formula is C25H23ClN8O2. The van der Waals surface area contributed by atoms with Crippen molar-refractivity contribution >= 4 is 34.2 Å². The molecule has 0 aliphatic carbocycles. The van der Waals surface area contributed by atoms with Crippen molar-refractivity contribution in [2.45, 2.75) is 26.9 Å². The second kappa shape index (κ2) is 9.74. The lowest BCUT2D eigenvalue weighted by Crippen LogP contribution is -2.23. The number of aryl methyl sites for hydroxylation is 2. The van der Waals surface area contributed by atoms with Gasteiger partial charge in [0.25, 0.3) is 0 Å².